The van der Waals surface area contributed by atoms with Crippen LogP contribution in [0.2, 0.25) is 0 Å². The monoisotopic (exact) mass is 461 g/mol. The summed E-state index contributed by atoms with van der Waals surface area (Å²) >= 11 is 0. The Hall–Kier alpha value is -3.88. The molecule has 0 aliphatic carbocycles. The van der Waals surface area contributed by atoms with E-state index in [0.29, 0.717) is 11.6 Å². The third kappa shape index (κ3) is 5.98. The molecular weight excluding hydrogens is 430 g/mol. The van der Waals surface area contributed by atoms with Crippen molar-refractivity contribution in [3.8, 4) is 6.07 Å². The van der Waals surface area contributed by atoms with Crippen LogP contribution in [0, 0.1) is 11.3 Å². The van der Waals surface area contributed by atoms with Crippen LogP contribution >= 0.6 is 0 Å². The lowest BCUT2D eigenvalue weighted by Crippen LogP contribution is -2.44. The van der Waals surface area contributed by atoms with E-state index in [2.05, 4.69) is 86.5 Å². The summed E-state index contributed by atoms with van der Waals surface area (Å²) in [7, 11) is 0. The number of rotatable bonds is 8. The largest absolute Gasteiger partial charge is 0.371 e. The van der Waals surface area contributed by atoms with Gasteiger partial charge in [-0.1, -0.05) is 60.7 Å². The number of aromatic amines is 1. The smallest absolute Gasteiger partial charge is 0.110 e. The summed E-state index contributed by atoms with van der Waals surface area (Å²) in [4.78, 5) is 13.3. The van der Waals surface area contributed by atoms with Gasteiger partial charge in [0, 0.05) is 56.2 Å². The Labute approximate surface area is 207 Å². The van der Waals surface area contributed by atoms with Crippen molar-refractivity contribution in [1.29, 1.82) is 5.26 Å². The van der Waals surface area contributed by atoms with Gasteiger partial charge in [0.15, 0.2) is 0 Å². The quantitative estimate of drug-likeness (QED) is 0.374. The van der Waals surface area contributed by atoms with E-state index in [0.717, 1.165) is 62.5 Å². The van der Waals surface area contributed by atoms with Crippen LogP contribution in [0.5, 0.6) is 0 Å². The number of benzene rings is 3. The van der Waals surface area contributed by atoms with Gasteiger partial charge in [0.1, 0.15) is 5.82 Å². The minimum absolute atomic E-state index is 0.528. The van der Waals surface area contributed by atoms with Crippen LogP contribution in [0.25, 0.3) is 0 Å². The Kier molecular flexibility index (Phi) is 7.21. The van der Waals surface area contributed by atoms with E-state index >= 15 is 0 Å². The molecular formula is C30H31N5. The van der Waals surface area contributed by atoms with Crippen molar-refractivity contribution < 1.29 is 0 Å². The maximum Gasteiger partial charge on any atom is 0.110 e. The Balaban J connectivity index is 1.26. The molecule has 5 rings (SSSR count). The number of anilines is 1. The second-order valence-corrected chi connectivity index (χ2v) is 9.28. The van der Waals surface area contributed by atoms with E-state index in [4.69, 9.17) is 5.26 Å². The number of hydrogen-bond acceptors (Lipinski definition) is 4. The molecule has 0 spiro atoms. The molecule has 1 saturated heterocycles. The highest BCUT2D eigenvalue weighted by Gasteiger charge is 2.25. The number of H-pyrrole nitrogens is 1. The van der Waals surface area contributed by atoms with Gasteiger partial charge < -0.3 is 9.88 Å². The Morgan fingerprint density at radius 2 is 1.54 bits per heavy atom. The Morgan fingerprint density at radius 3 is 2.23 bits per heavy atom. The van der Waals surface area contributed by atoms with Gasteiger partial charge in [-0.15, -0.1) is 0 Å². The topological polar surface area (TPSA) is 59.0 Å². The lowest BCUT2D eigenvalue weighted by molar-refractivity contribution is 0.150. The van der Waals surface area contributed by atoms with Crippen molar-refractivity contribution in [3.05, 3.63) is 119 Å². The fourth-order valence-corrected chi connectivity index (χ4v) is 4.95. The van der Waals surface area contributed by atoms with Crippen molar-refractivity contribution in [2.75, 3.05) is 18.0 Å². The molecule has 0 bridgehead atoms. The zero-order valence-electron chi connectivity index (χ0n) is 20.0. The molecule has 0 amide bonds. The van der Waals surface area contributed by atoms with Gasteiger partial charge in [-0.25, -0.2) is 4.98 Å². The van der Waals surface area contributed by atoms with Crippen LogP contribution < -0.4 is 4.90 Å². The van der Waals surface area contributed by atoms with Gasteiger partial charge in [-0.2, -0.15) is 5.26 Å². The van der Waals surface area contributed by atoms with E-state index < -0.39 is 0 Å². The van der Waals surface area contributed by atoms with Gasteiger partial charge in [-0.05, 0) is 48.2 Å². The van der Waals surface area contributed by atoms with E-state index in [9.17, 15) is 0 Å². The maximum atomic E-state index is 9.02. The van der Waals surface area contributed by atoms with Gasteiger partial charge >= 0.3 is 0 Å². The molecule has 1 fully saturated rings. The van der Waals surface area contributed by atoms with Crippen LogP contribution in [0.3, 0.4) is 0 Å². The average Bonchev–Trinajstić information content (AvgIpc) is 3.36. The molecule has 1 N–H and O–H groups in total. The molecule has 1 aliphatic rings. The SMILES string of the molecule is N#Cc1ccc(Cc2ncc(CN(Cc3ccccc3)C3CCN(c4ccccc4)CC3)[nH]2)cc1. The average molecular weight is 462 g/mol. The third-order valence-corrected chi connectivity index (χ3v) is 6.84. The first kappa shape index (κ1) is 22.9. The molecule has 5 heteroatoms. The number of nitrogens with zero attached hydrogens (tertiary/aromatic N) is 4. The van der Waals surface area contributed by atoms with Crippen molar-refractivity contribution >= 4 is 5.69 Å². The highest BCUT2D eigenvalue weighted by atomic mass is 15.2. The molecule has 35 heavy (non-hydrogen) atoms. The number of piperidine rings is 1. The van der Waals surface area contributed by atoms with Crippen molar-refractivity contribution in [1.82, 2.24) is 14.9 Å². The number of nitriles is 1. The highest BCUT2D eigenvalue weighted by Crippen LogP contribution is 2.25. The first-order valence-corrected chi connectivity index (χ1v) is 12.4. The normalized spacial score (nSPS) is 14.2. The predicted octanol–water partition coefficient (Wildman–Crippen LogP) is 5.54. The molecule has 1 aliphatic heterocycles. The molecule has 0 radical (unpaired) electrons. The second kappa shape index (κ2) is 11.0. The van der Waals surface area contributed by atoms with Gasteiger partial charge in [0.05, 0.1) is 11.6 Å². The summed E-state index contributed by atoms with van der Waals surface area (Å²) in [5.74, 6) is 0.961. The second-order valence-electron chi connectivity index (χ2n) is 9.28. The number of aromatic nitrogens is 2. The lowest BCUT2D eigenvalue weighted by Gasteiger charge is -2.39. The van der Waals surface area contributed by atoms with Crippen LogP contribution in [0.4, 0.5) is 5.69 Å². The van der Waals surface area contributed by atoms with E-state index in [1.54, 1.807) is 0 Å². The van der Waals surface area contributed by atoms with Crippen LogP contribution in [0.15, 0.2) is 91.1 Å². The molecule has 4 aromatic rings. The lowest BCUT2D eigenvalue weighted by atomic mass is 10.0. The summed E-state index contributed by atoms with van der Waals surface area (Å²) in [6.45, 7) is 3.94. The van der Waals surface area contributed by atoms with Crippen LogP contribution in [0.1, 0.15) is 41.1 Å². The minimum atomic E-state index is 0.528. The van der Waals surface area contributed by atoms with Crippen LogP contribution in [-0.2, 0) is 19.5 Å². The molecule has 0 unspecified atom stereocenters. The number of nitrogens with one attached hydrogen (secondary N) is 1. The summed E-state index contributed by atoms with van der Waals surface area (Å²) in [6, 6.07) is 31.9. The fraction of sp³-hybridized carbons (Fsp3) is 0.267. The third-order valence-electron chi connectivity index (χ3n) is 6.84. The van der Waals surface area contributed by atoms with Crippen LogP contribution in [-0.4, -0.2) is 34.0 Å². The van der Waals surface area contributed by atoms with Crippen molar-refractivity contribution in [3.63, 3.8) is 0 Å². The van der Waals surface area contributed by atoms with Crippen molar-refractivity contribution in [2.24, 2.45) is 0 Å². The summed E-state index contributed by atoms with van der Waals surface area (Å²) in [6.07, 6.45) is 5.01. The van der Waals surface area contributed by atoms with E-state index in [1.807, 2.05) is 30.5 Å². The molecule has 176 valence electrons. The minimum Gasteiger partial charge on any atom is -0.371 e. The number of para-hydroxylation sites is 1. The number of imidazole rings is 1. The first-order valence-electron chi connectivity index (χ1n) is 12.4. The zero-order chi connectivity index (χ0) is 23.9. The summed E-state index contributed by atoms with van der Waals surface area (Å²) in [5.41, 5.74) is 5.65. The summed E-state index contributed by atoms with van der Waals surface area (Å²) in [5, 5.41) is 9.02. The summed E-state index contributed by atoms with van der Waals surface area (Å²) < 4.78 is 0. The highest BCUT2D eigenvalue weighted by molar-refractivity contribution is 5.46. The molecule has 0 saturated carbocycles. The molecule has 0 atom stereocenters. The van der Waals surface area contributed by atoms with Gasteiger partial charge in [0.2, 0.25) is 0 Å². The predicted molar refractivity (Wildman–Crippen MR) is 140 cm³/mol. The van der Waals surface area contributed by atoms with Gasteiger partial charge in [0.25, 0.3) is 0 Å². The van der Waals surface area contributed by atoms with Gasteiger partial charge in [-0.3, -0.25) is 4.90 Å². The molecule has 1 aromatic heterocycles. The molecule has 5 nitrogen and oxygen atoms in total. The molecule has 2 heterocycles. The number of hydrogen-bond donors (Lipinski definition) is 1. The fourth-order valence-electron chi connectivity index (χ4n) is 4.95. The van der Waals surface area contributed by atoms with E-state index in [1.165, 1.54) is 11.3 Å². The molecule has 3 aromatic carbocycles. The Bertz CT molecular complexity index is 1230. The van der Waals surface area contributed by atoms with E-state index in [-0.39, 0.29) is 0 Å². The maximum absolute atomic E-state index is 9.02. The Morgan fingerprint density at radius 1 is 0.857 bits per heavy atom. The van der Waals surface area contributed by atoms with Crippen molar-refractivity contribution in [2.45, 2.75) is 38.4 Å². The zero-order valence-corrected chi connectivity index (χ0v) is 20.0. The first-order chi connectivity index (χ1) is 17.3. The standard InChI is InChI=1S/C30H31N5/c31-20-25-13-11-24(12-14-25)19-30-32-21-27(33-30)23-35(22-26-7-3-1-4-8-26)29-15-17-34(18-16-29)28-9-5-2-6-10-28/h1-14,21,29H,15-19,22-23H2,(H,32,33).